The predicted molar refractivity (Wildman–Crippen MR) is 166 cm³/mol. The Balaban J connectivity index is 1.58. The number of esters is 1. The third-order valence-electron chi connectivity index (χ3n) is 9.14. The van der Waals surface area contributed by atoms with Crippen molar-refractivity contribution in [1.29, 1.82) is 0 Å². The molecule has 3 rings (SSSR count). The van der Waals surface area contributed by atoms with Gasteiger partial charge in [-0.05, 0) is 64.7 Å². The molecule has 46 heavy (non-hydrogen) atoms. The number of halogens is 3. The van der Waals surface area contributed by atoms with Gasteiger partial charge in [0.2, 0.25) is 11.8 Å². The number of carbonyl (C=O) groups is 4. The molecule has 2 aliphatic heterocycles. The number of alkyl halides is 3. The van der Waals surface area contributed by atoms with Crippen molar-refractivity contribution in [3.05, 3.63) is 0 Å². The van der Waals surface area contributed by atoms with Gasteiger partial charge in [0.1, 0.15) is 17.7 Å². The van der Waals surface area contributed by atoms with Crippen LogP contribution in [-0.4, -0.2) is 107 Å². The van der Waals surface area contributed by atoms with Gasteiger partial charge in [-0.25, -0.2) is 4.79 Å². The lowest BCUT2D eigenvalue weighted by molar-refractivity contribution is -0.213. The van der Waals surface area contributed by atoms with E-state index in [1.54, 1.807) is 39.5 Å². The highest BCUT2D eigenvalue weighted by Gasteiger charge is 2.46. The minimum atomic E-state index is -4.90. The molecule has 0 aromatic rings. The van der Waals surface area contributed by atoms with Crippen LogP contribution in [0.3, 0.4) is 0 Å². The van der Waals surface area contributed by atoms with E-state index in [9.17, 15) is 37.5 Å². The molecule has 1 saturated carbocycles. The molecular weight excluding hydrogens is 607 g/mol. The molecule has 2 heterocycles. The molecule has 4 amide bonds. The number of rotatable bonds is 11. The Morgan fingerprint density at radius 1 is 0.891 bits per heavy atom. The summed E-state index contributed by atoms with van der Waals surface area (Å²) in [6, 6.07) is -3.83. The summed E-state index contributed by atoms with van der Waals surface area (Å²) in [4.78, 5) is 55.3. The summed E-state index contributed by atoms with van der Waals surface area (Å²) >= 11 is 0. The minimum Gasteiger partial charge on any atom is -0.459 e. The molecule has 11 nitrogen and oxygen atoms in total. The van der Waals surface area contributed by atoms with Crippen LogP contribution < -0.4 is 16.0 Å². The van der Waals surface area contributed by atoms with Crippen LogP contribution in [0.15, 0.2) is 0 Å². The molecule has 4 atom stereocenters. The Kier molecular flexibility index (Phi) is 13.6. The first-order valence-electron chi connectivity index (χ1n) is 16.8. The van der Waals surface area contributed by atoms with Crippen LogP contribution in [0.4, 0.5) is 18.0 Å². The van der Waals surface area contributed by atoms with Crippen LogP contribution in [0.25, 0.3) is 0 Å². The van der Waals surface area contributed by atoms with Gasteiger partial charge in [-0.2, -0.15) is 13.2 Å². The SMILES string of the molecule is CC(C)[C@H](NC(=O)N1CCC(NCC(=O)OC(C)(C)C)CC1)C(=O)N1CCC[C@H]1C(=O)NC(CC1CCCCC1)C(O)C(F)(F)F. The van der Waals surface area contributed by atoms with Crippen molar-refractivity contribution in [1.82, 2.24) is 25.8 Å². The number of urea groups is 1. The summed E-state index contributed by atoms with van der Waals surface area (Å²) in [7, 11) is 0. The van der Waals surface area contributed by atoms with Gasteiger partial charge in [0.05, 0.1) is 12.6 Å². The van der Waals surface area contributed by atoms with Crippen LogP contribution in [0.2, 0.25) is 0 Å². The number of likely N-dealkylation sites (tertiary alicyclic amines) is 2. The quantitative estimate of drug-likeness (QED) is 0.249. The Bertz CT molecular complexity index is 1040. The molecule has 0 aromatic carbocycles. The minimum absolute atomic E-state index is 0.0188. The average Bonchev–Trinajstić information content (AvgIpc) is 3.47. The first-order chi connectivity index (χ1) is 21.5. The number of carbonyl (C=O) groups excluding carboxylic acids is 4. The molecule has 2 saturated heterocycles. The highest BCUT2D eigenvalue weighted by atomic mass is 19.4. The van der Waals surface area contributed by atoms with Crippen LogP contribution in [-0.2, 0) is 19.1 Å². The lowest BCUT2D eigenvalue weighted by Crippen LogP contribution is -2.59. The molecule has 3 fully saturated rings. The predicted octanol–water partition coefficient (Wildman–Crippen LogP) is 3.49. The Labute approximate surface area is 270 Å². The highest BCUT2D eigenvalue weighted by Crippen LogP contribution is 2.32. The fourth-order valence-corrected chi connectivity index (χ4v) is 6.67. The number of aliphatic hydroxyl groups excluding tert-OH is 1. The van der Waals surface area contributed by atoms with Crippen LogP contribution in [0.5, 0.6) is 0 Å². The van der Waals surface area contributed by atoms with E-state index in [1.807, 2.05) is 0 Å². The summed E-state index contributed by atoms with van der Waals surface area (Å²) in [6.45, 7) is 10.1. The van der Waals surface area contributed by atoms with Crippen molar-refractivity contribution in [2.75, 3.05) is 26.2 Å². The first-order valence-corrected chi connectivity index (χ1v) is 16.8. The zero-order valence-corrected chi connectivity index (χ0v) is 28.0. The van der Waals surface area contributed by atoms with Crippen molar-refractivity contribution in [3.8, 4) is 0 Å². The number of nitrogens with one attached hydrogen (secondary N) is 3. The van der Waals surface area contributed by atoms with Gasteiger partial charge in [-0.1, -0.05) is 46.0 Å². The van der Waals surface area contributed by atoms with E-state index in [0.717, 1.165) is 32.1 Å². The monoisotopic (exact) mass is 661 g/mol. The number of hydrogen-bond acceptors (Lipinski definition) is 7. The third kappa shape index (κ3) is 11.3. The second kappa shape index (κ2) is 16.5. The van der Waals surface area contributed by atoms with Crippen molar-refractivity contribution in [2.24, 2.45) is 11.8 Å². The van der Waals surface area contributed by atoms with Gasteiger partial charge in [-0.3, -0.25) is 14.4 Å². The van der Waals surface area contributed by atoms with E-state index < -0.39 is 53.9 Å². The Morgan fingerprint density at radius 3 is 2.09 bits per heavy atom. The average molecular weight is 662 g/mol. The molecule has 4 N–H and O–H groups in total. The number of aliphatic hydroxyl groups is 1. The largest absolute Gasteiger partial charge is 0.459 e. The Morgan fingerprint density at radius 2 is 1.52 bits per heavy atom. The molecule has 1 aliphatic carbocycles. The van der Waals surface area contributed by atoms with Crippen molar-refractivity contribution in [2.45, 2.75) is 141 Å². The molecule has 14 heteroatoms. The maximum atomic E-state index is 13.7. The number of hydrogen-bond donors (Lipinski definition) is 4. The maximum absolute atomic E-state index is 13.7. The van der Waals surface area contributed by atoms with Crippen molar-refractivity contribution in [3.63, 3.8) is 0 Å². The zero-order valence-electron chi connectivity index (χ0n) is 28.0. The number of nitrogens with zero attached hydrogens (tertiary/aromatic N) is 2. The lowest BCUT2D eigenvalue weighted by Gasteiger charge is -2.36. The molecular formula is C32H54F3N5O6. The Hall–Kier alpha value is -2.61. The number of piperidine rings is 1. The van der Waals surface area contributed by atoms with Crippen LogP contribution in [0, 0.1) is 11.8 Å². The smallest absolute Gasteiger partial charge is 0.416 e. The fraction of sp³-hybridized carbons (Fsp3) is 0.875. The highest BCUT2D eigenvalue weighted by molar-refractivity contribution is 5.92. The number of ether oxygens (including phenoxy) is 1. The molecule has 3 aliphatic rings. The zero-order chi connectivity index (χ0) is 34.2. The van der Waals surface area contributed by atoms with E-state index in [2.05, 4.69) is 16.0 Å². The standard InChI is InChI=1S/C32H54F3N5O6/c1-20(2)26(38-30(45)39-16-13-22(14-17-39)36-19-25(41)46-31(3,4)5)29(44)40-15-9-12-24(40)28(43)37-23(27(42)32(33,34)35)18-21-10-7-6-8-11-21/h20-24,26-27,36,42H,6-19H2,1-5H3,(H,37,43)(H,38,45)/t23?,24-,26-,27?/m0/s1. The van der Waals surface area contributed by atoms with Crippen molar-refractivity contribution >= 4 is 23.8 Å². The lowest BCUT2D eigenvalue weighted by atomic mass is 9.83. The topological polar surface area (TPSA) is 140 Å². The molecule has 264 valence electrons. The van der Waals surface area contributed by atoms with Gasteiger partial charge in [0.25, 0.3) is 0 Å². The molecule has 0 radical (unpaired) electrons. The maximum Gasteiger partial charge on any atom is 0.416 e. The summed E-state index contributed by atoms with van der Waals surface area (Å²) in [5, 5.41) is 18.6. The number of amides is 4. The molecule has 0 bridgehead atoms. The van der Waals surface area contributed by atoms with E-state index in [0.29, 0.717) is 32.4 Å². The van der Waals surface area contributed by atoms with Gasteiger partial charge < -0.3 is 35.6 Å². The molecule has 0 aromatic heterocycles. The van der Waals surface area contributed by atoms with Crippen LogP contribution >= 0.6 is 0 Å². The van der Waals surface area contributed by atoms with Gasteiger partial charge in [-0.15, -0.1) is 0 Å². The summed E-state index contributed by atoms with van der Waals surface area (Å²) < 4.78 is 46.0. The van der Waals surface area contributed by atoms with Gasteiger partial charge in [0.15, 0.2) is 6.10 Å². The van der Waals surface area contributed by atoms with Gasteiger partial charge >= 0.3 is 18.2 Å². The summed E-state index contributed by atoms with van der Waals surface area (Å²) in [6.07, 6.45) is -1.27. The van der Waals surface area contributed by atoms with E-state index in [-0.39, 0.29) is 49.8 Å². The first kappa shape index (κ1) is 37.8. The normalized spacial score (nSPS) is 22.3. The van der Waals surface area contributed by atoms with Gasteiger partial charge in [0, 0.05) is 25.7 Å². The second-order valence-corrected chi connectivity index (χ2v) is 14.4. The van der Waals surface area contributed by atoms with E-state index in [4.69, 9.17) is 4.74 Å². The summed E-state index contributed by atoms with van der Waals surface area (Å²) in [5.41, 5.74) is -0.573. The van der Waals surface area contributed by atoms with Crippen molar-refractivity contribution < 1.29 is 42.2 Å². The second-order valence-electron chi connectivity index (χ2n) is 14.4. The fourth-order valence-electron chi connectivity index (χ4n) is 6.67. The third-order valence-corrected chi connectivity index (χ3v) is 9.14. The molecule has 2 unspecified atom stereocenters. The van der Waals surface area contributed by atoms with E-state index in [1.165, 1.54) is 4.90 Å². The van der Waals surface area contributed by atoms with E-state index >= 15 is 0 Å². The molecule has 0 spiro atoms. The van der Waals surface area contributed by atoms with Crippen LogP contribution in [0.1, 0.15) is 98.8 Å². The summed E-state index contributed by atoms with van der Waals surface area (Å²) in [5.74, 6) is -1.88.